The Morgan fingerprint density at radius 3 is 2.33 bits per heavy atom. The van der Waals surface area contributed by atoms with E-state index in [0.717, 1.165) is 0 Å². The van der Waals surface area contributed by atoms with Crippen LogP contribution in [0.2, 0.25) is 0 Å². The van der Waals surface area contributed by atoms with E-state index in [4.69, 9.17) is 4.89 Å². The summed E-state index contributed by atoms with van der Waals surface area (Å²) in [7, 11) is 1.02. The maximum absolute atomic E-state index is 10.3. The summed E-state index contributed by atoms with van der Waals surface area (Å²) in [4.78, 5) is 18.6. The van der Waals surface area contributed by atoms with Crippen LogP contribution in [0.3, 0.4) is 0 Å². The first kappa shape index (κ1) is 12.6. The fraction of sp³-hybridized carbons (Fsp3) is 1.00. The van der Waals surface area contributed by atoms with Crippen LogP contribution in [0.4, 0.5) is 0 Å². The molecule has 0 saturated carbocycles. The molecule has 0 saturated heterocycles. The van der Waals surface area contributed by atoms with Crippen LogP contribution in [0.25, 0.3) is 0 Å². The first-order chi connectivity index (χ1) is 5.10. The van der Waals surface area contributed by atoms with Gasteiger partial charge < -0.3 is 14.3 Å². The predicted octanol–water partition coefficient (Wildman–Crippen LogP) is -0.109. The van der Waals surface area contributed by atoms with Crippen LogP contribution < -0.4 is 4.89 Å². The molecular formula is C5H13BrNO4P. The van der Waals surface area contributed by atoms with Gasteiger partial charge in [0.1, 0.15) is 6.54 Å². The minimum atomic E-state index is -4.61. The Hall–Kier alpha value is 0.550. The molecule has 0 aromatic rings. The minimum Gasteiger partial charge on any atom is -0.756 e. The smallest absolute Gasteiger partial charge is 0.266 e. The Kier molecular flexibility index (Phi) is 4.37. The van der Waals surface area contributed by atoms with E-state index >= 15 is 0 Å². The number of rotatable bonds is 4. The Bertz CT molecular complexity index is 186. The van der Waals surface area contributed by atoms with Gasteiger partial charge in [0.05, 0.1) is 21.1 Å². The zero-order chi connectivity index (χ0) is 9.99. The highest BCUT2D eigenvalue weighted by atomic mass is 79.9. The molecule has 74 valence electrons. The number of likely N-dealkylation sites (N-methyl/N-ethyl adjacent to an activating group) is 1. The standard InChI is InChI=1S/C5H13BrNO4P/c1-7(2,3)4-5(6)11-12(8,9)10/h5H,4H2,1-3H3,(H-,8,9,10). The molecule has 5 nitrogen and oxygen atoms in total. The summed E-state index contributed by atoms with van der Waals surface area (Å²) in [5, 5.41) is -0.689. The van der Waals surface area contributed by atoms with E-state index in [1.165, 1.54) is 0 Å². The van der Waals surface area contributed by atoms with Gasteiger partial charge in [-0.15, -0.1) is 0 Å². The summed E-state index contributed by atoms with van der Waals surface area (Å²) >= 11 is 2.98. The van der Waals surface area contributed by atoms with Gasteiger partial charge in [-0.3, -0.25) is 9.09 Å². The number of nitrogens with zero attached hydrogens (tertiary/aromatic N) is 1. The fourth-order valence-electron chi connectivity index (χ4n) is 0.608. The van der Waals surface area contributed by atoms with Gasteiger partial charge in [-0.1, -0.05) is 15.9 Å². The largest absolute Gasteiger partial charge is 0.756 e. The molecule has 0 spiro atoms. The fourth-order valence-corrected chi connectivity index (χ4v) is 2.47. The first-order valence-electron chi connectivity index (χ1n) is 3.27. The molecule has 0 aromatic carbocycles. The van der Waals surface area contributed by atoms with Crippen molar-refractivity contribution in [1.82, 2.24) is 0 Å². The first-order valence-corrected chi connectivity index (χ1v) is 5.68. The quantitative estimate of drug-likeness (QED) is 0.436. The molecule has 0 radical (unpaired) electrons. The maximum atomic E-state index is 10.3. The molecule has 0 fully saturated rings. The number of hydrogen-bond donors (Lipinski definition) is 1. The Balaban J connectivity index is 3.91. The Labute approximate surface area is 80.3 Å². The molecule has 0 aliphatic carbocycles. The molecule has 2 atom stereocenters. The zero-order valence-electron chi connectivity index (χ0n) is 7.23. The van der Waals surface area contributed by atoms with Crippen molar-refractivity contribution in [3.05, 3.63) is 0 Å². The lowest BCUT2D eigenvalue weighted by Gasteiger charge is -2.28. The third-order valence-corrected chi connectivity index (χ3v) is 2.23. The predicted molar refractivity (Wildman–Crippen MR) is 46.5 cm³/mol. The molecule has 0 bridgehead atoms. The molecule has 2 unspecified atom stereocenters. The monoisotopic (exact) mass is 261 g/mol. The van der Waals surface area contributed by atoms with Gasteiger partial charge in [-0.05, 0) is 0 Å². The number of alkyl halides is 1. The molecule has 0 aliphatic heterocycles. The number of quaternary nitrogens is 1. The summed E-state index contributed by atoms with van der Waals surface area (Å²) in [5.41, 5.74) is 0. The number of hydrogen-bond acceptors (Lipinski definition) is 3. The van der Waals surface area contributed by atoms with E-state index in [1.54, 1.807) is 0 Å². The highest BCUT2D eigenvalue weighted by molar-refractivity contribution is 9.09. The molecule has 0 amide bonds. The van der Waals surface area contributed by atoms with Crippen LogP contribution >= 0.6 is 23.8 Å². The van der Waals surface area contributed by atoms with Crippen molar-refractivity contribution >= 4 is 23.8 Å². The molecule has 12 heavy (non-hydrogen) atoms. The Morgan fingerprint density at radius 2 is 2.08 bits per heavy atom. The summed E-state index contributed by atoms with van der Waals surface area (Å²) in [6, 6.07) is 0. The molecule has 1 N–H and O–H groups in total. The Morgan fingerprint density at radius 1 is 1.67 bits per heavy atom. The molecule has 0 heterocycles. The molecule has 0 rings (SSSR count). The van der Waals surface area contributed by atoms with E-state index in [-0.39, 0.29) is 0 Å². The van der Waals surface area contributed by atoms with Crippen molar-refractivity contribution in [2.75, 3.05) is 27.7 Å². The second-order valence-electron chi connectivity index (χ2n) is 3.46. The van der Waals surface area contributed by atoms with Crippen LogP contribution in [-0.4, -0.2) is 42.1 Å². The van der Waals surface area contributed by atoms with Crippen molar-refractivity contribution in [1.29, 1.82) is 0 Å². The van der Waals surface area contributed by atoms with Crippen LogP contribution in [0.5, 0.6) is 0 Å². The average Bonchev–Trinajstić information content (AvgIpc) is 1.49. The molecular weight excluding hydrogens is 249 g/mol. The zero-order valence-corrected chi connectivity index (χ0v) is 9.71. The third-order valence-electron chi connectivity index (χ3n) is 0.939. The third kappa shape index (κ3) is 8.64. The van der Waals surface area contributed by atoms with Gasteiger partial charge in [-0.2, -0.15) is 0 Å². The van der Waals surface area contributed by atoms with Crippen molar-refractivity contribution in [2.24, 2.45) is 0 Å². The lowest BCUT2D eigenvalue weighted by molar-refractivity contribution is -0.871. The van der Waals surface area contributed by atoms with Crippen molar-refractivity contribution in [3.63, 3.8) is 0 Å². The highest BCUT2D eigenvalue weighted by Crippen LogP contribution is 2.34. The van der Waals surface area contributed by atoms with Gasteiger partial charge in [0, 0.05) is 0 Å². The number of phosphoric ester groups is 1. The van der Waals surface area contributed by atoms with Crippen LogP contribution in [0.1, 0.15) is 0 Å². The summed E-state index contributed by atoms with van der Waals surface area (Å²) in [5.74, 6) is 0. The van der Waals surface area contributed by atoms with Crippen molar-refractivity contribution in [3.8, 4) is 0 Å². The van der Waals surface area contributed by atoms with Gasteiger partial charge in [0.15, 0.2) is 5.01 Å². The minimum absolute atomic E-state index is 0.437. The maximum Gasteiger partial charge on any atom is 0.266 e. The summed E-state index contributed by atoms with van der Waals surface area (Å²) < 4.78 is 15.1. The number of halogens is 1. The van der Waals surface area contributed by atoms with Crippen LogP contribution in [0, 0.1) is 0 Å². The van der Waals surface area contributed by atoms with Gasteiger partial charge >= 0.3 is 0 Å². The lowest BCUT2D eigenvalue weighted by atomic mass is 10.5. The second-order valence-corrected chi connectivity index (χ2v) is 5.63. The van der Waals surface area contributed by atoms with E-state index in [0.29, 0.717) is 11.0 Å². The molecule has 7 heteroatoms. The average molecular weight is 262 g/mol. The van der Waals surface area contributed by atoms with Crippen molar-refractivity contribution < 1.29 is 23.4 Å². The van der Waals surface area contributed by atoms with E-state index < -0.39 is 12.8 Å². The normalized spacial score (nSPS) is 20.2. The second kappa shape index (κ2) is 4.17. The van der Waals surface area contributed by atoms with Gasteiger partial charge in [-0.25, -0.2) is 0 Å². The highest BCUT2D eigenvalue weighted by Gasteiger charge is 2.19. The lowest BCUT2D eigenvalue weighted by Crippen LogP contribution is -2.40. The van der Waals surface area contributed by atoms with Crippen LogP contribution in [-0.2, 0) is 9.09 Å². The van der Waals surface area contributed by atoms with E-state index in [2.05, 4.69) is 20.5 Å². The van der Waals surface area contributed by atoms with Crippen molar-refractivity contribution in [2.45, 2.75) is 5.01 Å². The SMILES string of the molecule is C[N+](C)(C)CC(Br)OP(=O)([O-])O. The summed E-state index contributed by atoms with van der Waals surface area (Å²) in [6.45, 7) is 0.437. The number of phosphoric acid groups is 1. The molecule has 0 aliphatic rings. The topological polar surface area (TPSA) is 69.6 Å². The summed E-state index contributed by atoms with van der Waals surface area (Å²) in [6.07, 6.45) is 0. The van der Waals surface area contributed by atoms with Gasteiger partial charge in [0.2, 0.25) is 0 Å². The van der Waals surface area contributed by atoms with Crippen LogP contribution in [0.15, 0.2) is 0 Å². The molecule has 0 aromatic heterocycles. The van der Waals surface area contributed by atoms with E-state index in [9.17, 15) is 9.46 Å². The van der Waals surface area contributed by atoms with Gasteiger partial charge in [0.25, 0.3) is 7.82 Å². The van der Waals surface area contributed by atoms with E-state index in [1.807, 2.05) is 21.1 Å².